The first kappa shape index (κ1) is 14.5. The number of amides is 1. The number of hydrogen-bond donors (Lipinski definition) is 1. The summed E-state index contributed by atoms with van der Waals surface area (Å²) in [6, 6.07) is 14.8. The van der Waals surface area contributed by atoms with Crippen molar-refractivity contribution in [3.05, 3.63) is 64.9 Å². The van der Waals surface area contributed by atoms with Gasteiger partial charge in [0.1, 0.15) is 6.33 Å². The van der Waals surface area contributed by atoms with Crippen LogP contribution in [-0.4, -0.2) is 20.7 Å². The predicted molar refractivity (Wildman–Crippen MR) is 88.5 cm³/mol. The van der Waals surface area contributed by atoms with Gasteiger partial charge in [0.05, 0.1) is 0 Å². The van der Waals surface area contributed by atoms with Crippen LogP contribution in [0.3, 0.4) is 0 Å². The van der Waals surface area contributed by atoms with Crippen molar-refractivity contribution in [2.45, 2.75) is 0 Å². The van der Waals surface area contributed by atoms with Crippen LogP contribution in [0.15, 0.2) is 59.3 Å². The highest BCUT2D eigenvalue weighted by atomic mass is 79.9. The van der Waals surface area contributed by atoms with Gasteiger partial charge in [-0.3, -0.25) is 4.79 Å². The predicted octanol–water partition coefficient (Wildman–Crippen LogP) is 3.50. The first-order valence-electron chi connectivity index (χ1n) is 6.65. The lowest BCUT2D eigenvalue weighted by Gasteiger charge is -2.07. The highest BCUT2D eigenvalue weighted by Gasteiger charge is 2.09. The van der Waals surface area contributed by atoms with E-state index in [-0.39, 0.29) is 5.91 Å². The molecule has 0 spiro atoms. The highest BCUT2D eigenvalue weighted by Crippen LogP contribution is 2.21. The molecule has 0 fully saturated rings. The van der Waals surface area contributed by atoms with Crippen LogP contribution in [0.5, 0.6) is 0 Å². The lowest BCUT2D eigenvalue weighted by Crippen LogP contribution is -2.11. The Hall–Kier alpha value is -2.47. The van der Waals surface area contributed by atoms with Gasteiger partial charge in [0.2, 0.25) is 0 Å². The topological polar surface area (TPSA) is 59.8 Å². The van der Waals surface area contributed by atoms with Crippen LogP contribution in [0.25, 0.3) is 11.4 Å². The number of benzene rings is 2. The fourth-order valence-electron chi connectivity index (χ4n) is 2.11. The maximum atomic E-state index is 12.3. The minimum absolute atomic E-state index is 0.156. The molecule has 0 bridgehead atoms. The molecule has 5 nitrogen and oxygen atoms in total. The average Bonchev–Trinajstić information content (AvgIpc) is 2.94. The van der Waals surface area contributed by atoms with E-state index >= 15 is 0 Å². The standard InChI is InChI=1S/C16H13BrN4O/c1-21-10-18-20-15(21)11-4-3-7-14(9-11)19-16(22)12-5-2-6-13(17)8-12/h2-10H,1H3,(H,19,22). The summed E-state index contributed by atoms with van der Waals surface area (Å²) in [4.78, 5) is 12.3. The number of aromatic nitrogens is 3. The summed E-state index contributed by atoms with van der Waals surface area (Å²) in [7, 11) is 1.88. The van der Waals surface area contributed by atoms with Gasteiger partial charge in [-0.15, -0.1) is 10.2 Å². The zero-order chi connectivity index (χ0) is 15.5. The summed E-state index contributed by atoms with van der Waals surface area (Å²) >= 11 is 3.36. The molecule has 1 amide bonds. The summed E-state index contributed by atoms with van der Waals surface area (Å²) in [5.41, 5.74) is 2.20. The number of carbonyl (C=O) groups is 1. The molecule has 0 saturated carbocycles. The molecule has 0 unspecified atom stereocenters. The molecule has 22 heavy (non-hydrogen) atoms. The van der Waals surface area contributed by atoms with Crippen molar-refractivity contribution < 1.29 is 4.79 Å². The van der Waals surface area contributed by atoms with Crippen molar-refractivity contribution in [3.8, 4) is 11.4 Å². The van der Waals surface area contributed by atoms with Gasteiger partial charge in [-0.1, -0.05) is 34.1 Å². The number of nitrogens with zero attached hydrogens (tertiary/aromatic N) is 3. The third kappa shape index (κ3) is 3.07. The van der Waals surface area contributed by atoms with E-state index in [1.165, 1.54) is 0 Å². The van der Waals surface area contributed by atoms with E-state index in [2.05, 4.69) is 31.4 Å². The van der Waals surface area contributed by atoms with E-state index in [4.69, 9.17) is 0 Å². The summed E-state index contributed by atoms with van der Waals surface area (Å²) in [6.45, 7) is 0. The molecule has 110 valence electrons. The van der Waals surface area contributed by atoms with Crippen LogP contribution < -0.4 is 5.32 Å². The van der Waals surface area contributed by atoms with E-state index < -0.39 is 0 Å². The van der Waals surface area contributed by atoms with Crippen molar-refractivity contribution in [1.29, 1.82) is 0 Å². The van der Waals surface area contributed by atoms with Crippen molar-refractivity contribution in [3.63, 3.8) is 0 Å². The van der Waals surface area contributed by atoms with Gasteiger partial charge in [-0.2, -0.15) is 0 Å². The van der Waals surface area contributed by atoms with Gasteiger partial charge in [-0.05, 0) is 30.3 Å². The molecule has 1 aromatic heterocycles. The second-order valence-electron chi connectivity index (χ2n) is 4.81. The molecule has 1 heterocycles. The summed E-state index contributed by atoms with van der Waals surface area (Å²) in [6.07, 6.45) is 1.64. The molecule has 0 aliphatic carbocycles. The van der Waals surface area contributed by atoms with Crippen LogP contribution in [-0.2, 0) is 7.05 Å². The number of aryl methyl sites for hydroxylation is 1. The normalized spacial score (nSPS) is 10.5. The van der Waals surface area contributed by atoms with Crippen LogP contribution in [0, 0.1) is 0 Å². The number of halogens is 1. The smallest absolute Gasteiger partial charge is 0.255 e. The van der Waals surface area contributed by atoms with E-state index in [1.807, 2.05) is 48.0 Å². The quantitative estimate of drug-likeness (QED) is 0.781. The van der Waals surface area contributed by atoms with Crippen LogP contribution in [0.2, 0.25) is 0 Å². The molecule has 2 aromatic carbocycles. The number of rotatable bonds is 3. The molecule has 0 aliphatic rings. The molecule has 0 atom stereocenters. The van der Waals surface area contributed by atoms with Gasteiger partial charge >= 0.3 is 0 Å². The van der Waals surface area contributed by atoms with Gasteiger partial charge in [0.15, 0.2) is 5.82 Å². The largest absolute Gasteiger partial charge is 0.322 e. The minimum atomic E-state index is -0.156. The van der Waals surface area contributed by atoms with Gasteiger partial charge < -0.3 is 9.88 Å². The number of nitrogens with one attached hydrogen (secondary N) is 1. The van der Waals surface area contributed by atoms with E-state index in [9.17, 15) is 4.79 Å². The second kappa shape index (κ2) is 6.11. The third-order valence-electron chi connectivity index (χ3n) is 3.18. The monoisotopic (exact) mass is 356 g/mol. The van der Waals surface area contributed by atoms with Crippen molar-refractivity contribution in [1.82, 2.24) is 14.8 Å². The molecular formula is C16H13BrN4O. The maximum absolute atomic E-state index is 12.3. The average molecular weight is 357 g/mol. The molecule has 0 aliphatic heterocycles. The Morgan fingerprint density at radius 3 is 2.73 bits per heavy atom. The molecular weight excluding hydrogens is 344 g/mol. The molecule has 0 radical (unpaired) electrons. The molecule has 6 heteroatoms. The summed E-state index contributed by atoms with van der Waals surface area (Å²) in [5, 5.41) is 10.8. The Bertz CT molecular complexity index is 828. The molecule has 3 aromatic rings. The van der Waals surface area contributed by atoms with Crippen LogP contribution in [0.4, 0.5) is 5.69 Å². The fourth-order valence-corrected chi connectivity index (χ4v) is 2.51. The Kier molecular flexibility index (Phi) is 4.02. The highest BCUT2D eigenvalue weighted by molar-refractivity contribution is 9.10. The summed E-state index contributed by atoms with van der Waals surface area (Å²) < 4.78 is 2.70. The van der Waals surface area contributed by atoms with Gasteiger partial charge in [-0.25, -0.2) is 0 Å². The van der Waals surface area contributed by atoms with Crippen LogP contribution >= 0.6 is 15.9 Å². The van der Waals surface area contributed by atoms with Gasteiger partial charge in [0.25, 0.3) is 5.91 Å². The van der Waals surface area contributed by atoms with Crippen molar-refractivity contribution in [2.24, 2.45) is 7.05 Å². The minimum Gasteiger partial charge on any atom is -0.322 e. The maximum Gasteiger partial charge on any atom is 0.255 e. The Morgan fingerprint density at radius 1 is 1.18 bits per heavy atom. The van der Waals surface area contributed by atoms with Crippen molar-refractivity contribution in [2.75, 3.05) is 5.32 Å². The number of carbonyl (C=O) groups excluding carboxylic acids is 1. The first-order valence-corrected chi connectivity index (χ1v) is 7.44. The Morgan fingerprint density at radius 2 is 2.00 bits per heavy atom. The molecule has 3 rings (SSSR count). The zero-order valence-electron chi connectivity index (χ0n) is 11.8. The second-order valence-corrected chi connectivity index (χ2v) is 5.73. The summed E-state index contributed by atoms with van der Waals surface area (Å²) in [5.74, 6) is 0.593. The van der Waals surface area contributed by atoms with Crippen LogP contribution in [0.1, 0.15) is 10.4 Å². The fraction of sp³-hybridized carbons (Fsp3) is 0.0625. The zero-order valence-corrected chi connectivity index (χ0v) is 13.4. The molecule has 1 N–H and O–H groups in total. The number of anilines is 1. The first-order chi connectivity index (χ1) is 10.6. The number of hydrogen-bond acceptors (Lipinski definition) is 3. The Balaban J connectivity index is 1.84. The van der Waals surface area contributed by atoms with E-state index in [0.717, 1.165) is 15.9 Å². The van der Waals surface area contributed by atoms with E-state index in [1.54, 1.807) is 18.5 Å². The van der Waals surface area contributed by atoms with Crippen molar-refractivity contribution >= 4 is 27.5 Å². The lowest BCUT2D eigenvalue weighted by molar-refractivity contribution is 0.102. The Labute approximate surface area is 136 Å². The third-order valence-corrected chi connectivity index (χ3v) is 3.67. The molecule has 0 saturated heterocycles. The van der Waals surface area contributed by atoms with Gasteiger partial charge in [0, 0.05) is 28.3 Å². The van der Waals surface area contributed by atoms with E-state index in [0.29, 0.717) is 11.3 Å². The SMILES string of the molecule is Cn1cnnc1-c1cccc(NC(=O)c2cccc(Br)c2)c1. The lowest BCUT2D eigenvalue weighted by atomic mass is 10.1.